The molecular weight excluding hydrogens is 320 g/mol. The molecule has 0 radical (unpaired) electrons. The first kappa shape index (κ1) is 26.1. The Morgan fingerprint density at radius 1 is 0.950 bits per heavy atom. The van der Waals surface area contributed by atoms with E-state index in [4.69, 9.17) is 12.2 Å². The summed E-state index contributed by atoms with van der Waals surface area (Å²) in [5.41, 5.74) is 0. The summed E-state index contributed by atoms with van der Waals surface area (Å²) >= 11 is 6.52. The molecule has 0 aromatic carbocycles. The monoisotopic (exact) mass is 337 g/mol. The van der Waals surface area contributed by atoms with Crippen LogP contribution in [-0.2, 0) is 9.59 Å². The average molecular weight is 337 g/mol. The van der Waals surface area contributed by atoms with Crippen LogP contribution in [-0.4, -0.2) is 28.6 Å². The van der Waals surface area contributed by atoms with Gasteiger partial charge in [0, 0.05) is 24.2 Å². The van der Waals surface area contributed by atoms with Gasteiger partial charge in [-0.1, -0.05) is 24.0 Å². The van der Waals surface area contributed by atoms with Gasteiger partial charge < -0.3 is 25.1 Å². The molecule has 0 aromatic heterocycles. The number of aliphatic carboxylic acids is 2. The Labute approximate surface area is 173 Å². The van der Waals surface area contributed by atoms with Gasteiger partial charge in [-0.05, 0) is 38.5 Å². The zero-order valence-electron chi connectivity index (χ0n) is 12.1. The standard InChI is InChI=1S/C11H19NO4S2.2Na/c13-9(14)5-1-3-7-12-11(17)18-8-4-2-6-10(15)16;;/h1-8H2,(H,12,17)(H,13,14)(H,15,16);;/q;2*+1/p-2. The molecule has 0 saturated carbocycles. The quantitative estimate of drug-likeness (QED) is 0.241. The van der Waals surface area contributed by atoms with Gasteiger partial charge in [0.1, 0.15) is 4.32 Å². The number of nitrogens with one attached hydrogen (secondary N) is 1. The molecule has 5 nitrogen and oxygen atoms in total. The SMILES string of the molecule is O=C([O-])CCCCNC(=S)SCCCCC(=O)[O-].[Na+].[Na+]. The number of rotatable bonds is 10. The van der Waals surface area contributed by atoms with E-state index >= 15 is 0 Å². The fraction of sp³-hybridized carbons (Fsp3) is 0.727. The number of thioether (sulfide) groups is 1. The van der Waals surface area contributed by atoms with Crippen LogP contribution in [0.25, 0.3) is 0 Å². The first-order chi connectivity index (χ1) is 8.52. The minimum Gasteiger partial charge on any atom is -0.550 e. The van der Waals surface area contributed by atoms with E-state index in [0.717, 1.165) is 18.6 Å². The molecule has 0 aliphatic heterocycles. The van der Waals surface area contributed by atoms with E-state index in [1.54, 1.807) is 0 Å². The minimum atomic E-state index is -1.03. The summed E-state index contributed by atoms with van der Waals surface area (Å²) in [7, 11) is 0. The molecule has 0 unspecified atom stereocenters. The number of hydrogen-bond donors (Lipinski definition) is 1. The maximum absolute atomic E-state index is 10.1. The van der Waals surface area contributed by atoms with E-state index in [1.165, 1.54) is 11.8 Å². The Hall–Kier alpha value is 1.18. The molecule has 0 bridgehead atoms. The number of carboxylic acid groups (broad SMARTS) is 2. The van der Waals surface area contributed by atoms with Crippen molar-refractivity contribution in [1.82, 2.24) is 5.32 Å². The van der Waals surface area contributed by atoms with Crippen LogP contribution in [0.4, 0.5) is 0 Å². The van der Waals surface area contributed by atoms with Gasteiger partial charge in [-0.2, -0.15) is 0 Å². The van der Waals surface area contributed by atoms with Crippen LogP contribution in [0.3, 0.4) is 0 Å². The van der Waals surface area contributed by atoms with E-state index in [0.29, 0.717) is 23.7 Å². The van der Waals surface area contributed by atoms with Gasteiger partial charge >= 0.3 is 59.1 Å². The van der Waals surface area contributed by atoms with Crippen molar-refractivity contribution >= 4 is 40.2 Å². The maximum Gasteiger partial charge on any atom is 1.00 e. The van der Waals surface area contributed by atoms with Crippen LogP contribution in [0, 0.1) is 0 Å². The van der Waals surface area contributed by atoms with Gasteiger partial charge in [0.15, 0.2) is 0 Å². The zero-order chi connectivity index (χ0) is 13.8. The van der Waals surface area contributed by atoms with Crippen molar-refractivity contribution < 1.29 is 78.9 Å². The predicted octanol–water partition coefficient (Wildman–Crippen LogP) is -6.56. The van der Waals surface area contributed by atoms with Gasteiger partial charge in [0.25, 0.3) is 0 Å². The summed E-state index contributed by atoms with van der Waals surface area (Å²) in [5, 5.41) is 23.3. The van der Waals surface area contributed by atoms with Gasteiger partial charge in [0.05, 0.1) is 0 Å². The van der Waals surface area contributed by atoms with Crippen LogP contribution in [0.15, 0.2) is 0 Å². The van der Waals surface area contributed by atoms with Crippen molar-refractivity contribution in [2.45, 2.75) is 38.5 Å². The molecule has 0 aromatic rings. The molecule has 9 heteroatoms. The Morgan fingerprint density at radius 2 is 1.45 bits per heavy atom. The van der Waals surface area contributed by atoms with Crippen molar-refractivity contribution in [3.05, 3.63) is 0 Å². The molecule has 0 aliphatic rings. The molecule has 0 rings (SSSR count). The fourth-order valence-corrected chi connectivity index (χ4v) is 2.26. The maximum atomic E-state index is 10.1. The first-order valence-corrected chi connectivity index (χ1v) is 7.22. The molecule has 104 valence electrons. The van der Waals surface area contributed by atoms with Crippen LogP contribution in [0.1, 0.15) is 38.5 Å². The summed E-state index contributed by atoms with van der Waals surface area (Å²) in [6.45, 7) is 0.651. The number of carboxylic acids is 2. The number of hydrogen-bond acceptors (Lipinski definition) is 6. The van der Waals surface area contributed by atoms with Gasteiger partial charge in [-0.3, -0.25) is 0 Å². The third-order valence-electron chi connectivity index (χ3n) is 2.09. The van der Waals surface area contributed by atoms with Crippen molar-refractivity contribution in [2.75, 3.05) is 12.3 Å². The van der Waals surface area contributed by atoms with E-state index in [-0.39, 0.29) is 72.0 Å². The van der Waals surface area contributed by atoms with Gasteiger partial charge in [-0.15, -0.1) is 0 Å². The van der Waals surface area contributed by atoms with Crippen molar-refractivity contribution in [3.63, 3.8) is 0 Å². The Kier molecular flexibility index (Phi) is 23.8. The molecule has 0 amide bonds. The van der Waals surface area contributed by atoms with Crippen molar-refractivity contribution in [1.29, 1.82) is 0 Å². The van der Waals surface area contributed by atoms with Crippen molar-refractivity contribution in [3.8, 4) is 0 Å². The van der Waals surface area contributed by atoms with Crippen LogP contribution < -0.4 is 74.6 Å². The van der Waals surface area contributed by atoms with Crippen LogP contribution in [0.2, 0.25) is 0 Å². The number of carbonyl (C=O) groups is 2. The third-order valence-corrected chi connectivity index (χ3v) is 3.48. The molecular formula is C11H17NNa2O4S2. The van der Waals surface area contributed by atoms with Gasteiger partial charge in [-0.25, -0.2) is 0 Å². The molecule has 0 atom stereocenters. The number of carbonyl (C=O) groups excluding carboxylic acids is 2. The second-order valence-electron chi connectivity index (χ2n) is 3.72. The normalized spacial score (nSPS) is 9.00. The fourth-order valence-electron chi connectivity index (χ4n) is 1.17. The topological polar surface area (TPSA) is 92.3 Å². The summed E-state index contributed by atoms with van der Waals surface area (Å²) in [5.74, 6) is -1.27. The second kappa shape index (κ2) is 18.2. The van der Waals surface area contributed by atoms with Crippen molar-refractivity contribution in [2.24, 2.45) is 0 Å². The molecule has 0 fully saturated rings. The minimum absolute atomic E-state index is 0. The van der Waals surface area contributed by atoms with Crippen LogP contribution in [0.5, 0.6) is 0 Å². The molecule has 20 heavy (non-hydrogen) atoms. The predicted molar refractivity (Wildman–Crippen MR) is 70.8 cm³/mol. The average Bonchev–Trinajstić information content (AvgIpc) is 2.27. The van der Waals surface area contributed by atoms with E-state index in [9.17, 15) is 19.8 Å². The Balaban J connectivity index is -0.00000144. The molecule has 0 saturated heterocycles. The number of thiocarbonyl (C=S) groups is 1. The van der Waals surface area contributed by atoms with Gasteiger partial charge in [0.2, 0.25) is 0 Å². The first-order valence-electron chi connectivity index (χ1n) is 5.82. The summed E-state index contributed by atoms with van der Waals surface area (Å²) in [6, 6.07) is 0. The van der Waals surface area contributed by atoms with E-state index in [1.807, 2.05) is 0 Å². The summed E-state index contributed by atoms with van der Waals surface area (Å²) in [6.07, 6.45) is 2.86. The molecule has 0 spiro atoms. The summed E-state index contributed by atoms with van der Waals surface area (Å²) in [4.78, 5) is 20.3. The largest absolute Gasteiger partial charge is 1.00 e. The van der Waals surface area contributed by atoms with Crippen LogP contribution >= 0.6 is 24.0 Å². The third kappa shape index (κ3) is 21.5. The summed E-state index contributed by atoms with van der Waals surface area (Å²) < 4.78 is 0.664. The Morgan fingerprint density at radius 3 is 1.95 bits per heavy atom. The number of unbranched alkanes of at least 4 members (excludes halogenated alkanes) is 2. The zero-order valence-corrected chi connectivity index (χ0v) is 17.7. The molecule has 0 heterocycles. The smallest absolute Gasteiger partial charge is 0.550 e. The van der Waals surface area contributed by atoms with E-state index in [2.05, 4.69) is 5.32 Å². The molecule has 0 aliphatic carbocycles. The Bertz CT molecular complexity index is 268. The second-order valence-corrected chi connectivity index (χ2v) is 5.49. The molecule has 1 N–H and O–H groups in total. The van der Waals surface area contributed by atoms with E-state index < -0.39 is 11.9 Å².